The van der Waals surface area contributed by atoms with E-state index in [0.717, 1.165) is 23.9 Å². The molecule has 92 valence electrons. The first-order valence-electron chi connectivity index (χ1n) is 5.70. The van der Waals surface area contributed by atoms with Gasteiger partial charge in [-0.3, -0.25) is 9.78 Å². The average Bonchev–Trinajstić information content (AvgIpc) is 2.82. The number of hydrogen-bond acceptors (Lipinski definition) is 3. The van der Waals surface area contributed by atoms with E-state index in [2.05, 4.69) is 26.2 Å². The summed E-state index contributed by atoms with van der Waals surface area (Å²) in [6.07, 6.45) is 5.43. The number of ether oxygens (including phenoxy) is 1. The summed E-state index contributed by atoms with van der Waals surface area (Å²) < 4.78 is 6.34. The number of carbonyl (C=O) groups is 1. The summed E-state index contributed by atoms with van der Waals surface area (Å²) in [7, 11) is 0. The Bertz CT molecular complexity index is 405. The topological polar surface area (TPSA) is 51.2 Å². The van der Waals surface area contributed by atoms with Gasteiger partial charge in [0.15, 0.2) is 0 Å². The third-order valence-electron chi connectivity index (χ3n) is 2.85. The Morgan fingerprint density at radius 1 is 1.65 bits per heavy atom. The molecule has 2 heterocycles. The van der Waals surface area contributed by atoms with Gasteiger partial charge in [-0.25, -0.2) is 0 Å². The van der Waals surface area contributed by atoms with Gasteiger partial charge in [-0.15, -0.1) is 0 Å². The molecular weight excluding hydrogens is 284 g/mol. The van der Waals surface area contributed by atoms with Gasteiger partial charge >= 0.3 is 0 Å². The Morgan fingerprint density at radius 3 is 3.12 bits per heavy atom. The molecule has 1 aromatic heterocycles. The van der Waals surface area contributed by atoms with Crippen LogP contribution in [0.1, 0.15) is 30.1 Å². The standard InChI is InChI=1S/C12H15BrN2O2/c1-8(11-3-2-4-17-11)15-12(16)9-5-10(13)7-14-6-9/h5-8,11H,2-4H2,1H3,(H,15,16)/t8-,11-/m1/s1. The third kappa shape index (κ3) is 3.26. The van der Waals surface area contributed by atoms with Crippen molar-refractivity contribution >= 4 is 21.8 Å². The van der Waals surface area contributed by atoms with Gasteiger partial charge in [-0.05, 0) is 41.8 Å². The number of hydrogen-bond donors (Lipinski definition) is 1. The fourth-order valence-electron chi connectivity index (χ4n) is 1.92. The van der Waals surface area contributed by atoms with E-state index in [1.807, 2.05) is 6.92 Å². The predicted octanol–water partition coefficient (Wildman–Crippen LogP) is 2.14. The fraction of sp³-hybridized carbons (Fsp3) is 0.500. The minimum atomic E-state index is -0.109. The van der Waals surface area contributed by atoms with Crippen molar-refractivity contribution < 1.29 is 9.53 Å². The third-order valence-corrected chi connectivity index (χ3v) is 3.28. The summed E-state index contributed by atoms with van der Waals surface area (Å²) in [6, 6.07) is 1.79. The average molecular weight is 299 g/mol. The molecule has 0 bridgehead atoms. The smallest absolute Gasteiger partial charge is 0.253 e. The van der Waals surface area contributed by atoms with Crippen LogP contribution in [0.3, 0.4) is 0 Å². The maximum Gasteiger partial charge on any atom is 0.253 e. The molecule has 0 unspecified atom stereocenters. The SMILES string of the molecule is C[C@@H](NC(=O)c1cncc(Br)c1)[C@H]1CCCO1. The lowest BCUT2D eigenvalue weighted by Gasteiger charge is -2.19. The van der Waals surface area contributed by atoms with E-state index in [9.17, 15) is 4.79 Å². The van der Waals surface area contributed by atoms with E-state index in [1.165, 1.54) is 0 Å². The number of carbonyl (C=O) groups excluding carboxylic acids is 1. The number of rotatable bonds is 3. The molecule has 1 fully saturated rings. The van der Waals surface area contributed by atoms with Crippen LogP contribution in [-0.2, 0) is 4.74 Å². The minimum absolute atomic E-state index is 0.0315. The van der Waals surface area contributed by atoms with Crippen molar-refractivity contribution in [2.45, 2.75) is 31.9 Å². The van der Waals surface area contributed by atoms with E-state index < -0.39 is 0 Å². The van der Waals surface area contributed by atoms with E-state index in [1.54, 1.807) is 18.5 Å². The van der Waals surface area contributed by atoms with Crippen molar-refractivity contribution in [1.82, 2.24) is 10.3 Å². The van der Waals surface area contributed by atoms with Crippen LogP contribution in [0.15, 0.2) is 22.9 Å². The van der Waals surface area contributed by atoms with E-state index in [0.29, 0.717) is 5.56 Å². The second-order valence-corrected chi connectivity index (χ2v) is 5.12. The van der Waals surface area contributed by atoms with Gasteiger partial charge < -0.3 is 10.1 Å². The molecule has 0 spiro atoms. The number of aromatic nitrogens is 1. The molecule has 2 atom stereocenters. The lowest BCUT2D eigenvalue weighted by molar-refractivity contribution is 0.0712. The number of amides is 1. The Balaban J connectivity index is 1.96. The van der Waals surface area contributed by atoms with Crippen molar-refractivity contribution in [2.75, 3.05) is 6.61 Å². The molecule has 1 aliphatic heterocycles. The van der Waals surface area contributed by atoms with Crippen LogP contribution in [0.2, 0.25) is 0 Å². The maximum absolute atomic E-state index is 11.9. The molecule has 0 aliphatic carbocycles. The quantitative estimate of drug-likeness (QED) is 0.930. The molecule has 0 saturated carbocycles. The molecule has 0 radical (unpaired) electrons. The van der Waals surface area contributed by atoms with Crippen LogP contribution >= 0.6 is 15.9 Å². The Hall–Kier alpha value is -0.940. The van der Waals surface area contributed by atoms with Crippen molar-refractivity contribution in [1.29, 1.82) is 0 Å². The second-order valence-electron chi connectivity index (χ2n) is 4.21. The summed E-state index contributed by atoms with van der Waals surface area (Å²) in [6.45, 7) is 2.77. The summed E-state index contributed by atoms with van der Waals surface area (Å²) in [4.78, 5) is 15.9. The zero-order chi connectivity index (χ0) is 12.3. The molecule has 1 aromatic rings. The largest absolute Gasteiger partial charge is 0.376 e. The Kier molecular flexibility index (Phi) is 4.12. The number of nitrogens with one attached hydrogen (secondary N) is 1. The number of halogens is 1. The molecule has 1 N–H and O–H groups in total. The summed E-state index contributed by atoms with van der Waals surface area (Å²) in [5.74, 6) is -0.109. The molecule has 1 aliphatic rings. The molecule has 0 aromatic carbocycles. The van der Waals surface area contributed by atoms with Crippen molar-refractivity contribution in [3.63, 3.8) is 0 Å². The zero-order valence-electron chi connectivity index (χ0n) is 9.65. The molecular formula is C12H15BrN2O2. The highest BCUT2D eigenvalue weighted by Crippen LogP contribution is 2.16. The number of pyridine rings is 1. The molecule has 17 heavy (non-hydrogen) atoms. The van der Waals surface area contributed by atoms with Gasteiger partial charge in [-0.2, -0.15) is 0 Å². The Morgan fingerprint density at radius 2 is 2.47 bits per heavy atom. The lowest BCUT2D eigenvalue weighted by atomic mass is 10.1. The summed E-state index contributed by atoms with van der Waals surface area (Å²) >= 11 is 3.30. The molecule has 4 nitrogen and oxygen atoms in total. The first-order chi connectivity index (χ1) is 8.16. The van der Waals surface area contributed by atoms with Crippen LogP contribution in [-0.4, -0.2) is 29.6 Å². The fourth-order valence-corrected chi connectivity index (χ4v) is 2.28. The van der Waals surface area contributed by atoms with Gasteiger partial charge in [-0.1, -0.05) is 0 Å². The van der Waals surface area contributed by atoms with Crippen LogP contribution in [0.4, 0.5) is 0 Å². The molecule has 2 rings (SSSR count). The predicted molar refractivity (Wildman–Crippen MR) is 67.8 cm³/mol. The van der Waals surface area contributed by atoms with E-state index >= 15 is 0 Å². The molecule has 5 heteroatoms. The maximum atomic E-state index is 11.9. The highest BCUT2D eigenvalue weighted by atomic mass is 79.9. The van der Waals surface area contributed by atoms with Crippen molar-refractivity contribution in [3.8, 4) is 0 Å². The Labute approximate surface area is 109 Å². The van der Waals surface area contributed by atoms with E-state index in [4.69, 9.17) is 4.74 Å². The molecule has 1 amide bonds. The van der Waals surface area contributed by atoms with E-state index in [-0.39, 0.29) is 18.1 Å². The van der Waals surface area contributed by atoms with Crippen LogP contribution in [0, 0.1) is 0 Å². The number of nitrogens with zero attached hydrogens (tertiary/aromatic N) is 1. The van der Waals surface area contributed by atoms with Gasteiger partial charge in [0.1, 0.15) is 0 Å². The van der Waals surface area contributed by atoms with Crippen LogP contribution in [0.25, 0.3) is 0 Å². The summed E-state index contributed by atoms with van der Waals surface area (Å²) in [5, 5.41) is 2.94. The van der Waals surface area contributed by atoms with Gasteiger partial charge in [0, 0.05) is 23.5 Å². The normalized spacial score (nSPS) is 21.2. The molecule has 1 saturated heterocycles. The van der Waals surface area contributed by atoms with Gasteiger partial charge in [0.25, 0.3) is 5.91 Å². The first kappa shape index (κ1) is 12.5. The van der Waals surface area contributed by atoms with Crippen LogP contribution < -0.4 is 5.32 Å². The van der Waals surface area contributed by atoms with Crippen molar-refractivity contribution in [3.05, 3.63) is 28.5 Å². The van der Waals surface area contributed by atoms with Gasteiger partial charge in [0.2, 0.25) is 0 Å². The van der Waals surface area contributed by atoms with Gasteiger partial charge in [0.05, 0.1) is 17.7 Å². The zero-order valence-corrected chi connectivity index (χ0v) is 11.2. The monoisotopic (exact) mass is 298 g/mol. The first-order valence-corrected chi connectivity index (χ1v) is 6.49. The highest BCUT2D eigenvalue weighted by molar-refractivity contribution is 9.10. The minimum Gasteiger partial charge on any atom is -0.376 e. The summed E-state index contributed by atoms with van der Waals surface area (Å²) in [5.41, 5.74) is 0.559. The van der Waals surface area contributed by atoms with Crippen LogP contribution in [0.5, 0.6) is 0 Å². The van der Waals surface area contributed by atoms with Crippen molar-refractivity contribution in [2.24, 2.45) is 0 Å². The lowest BCUT2D eigenvalue weighted by Crippen LogP contribution is -2.40. The highest BCUT2D eigenvalue weighted by Gasteiger charge is 2.23. The second kappa shape index (κ2) is 5.60.